The maximum absolute atomic E-state index is 10.7. The average molecular weight is 160 g/mol. The number of aliphatic hydroxyl groups is 1. The number of nitrogens with zero attached hydrogens (tertiary/aromatic N) is 1. The normalized spacial score (nSPS) is 12.7. The summed E-state index contributed by atoms with van der Waals surface area (Å²) in [5.74, 6) is -0.0459. The van der Waals surface area contributed by atoms with Gasteiger partial charge in [-0.3, -0.25) is 4.79 Å². The van der Waals surface area contributed by atoms with Gasteiger partial charge in [0.25, 0.3) is 0 Å². The highest BCUT2D eigenvalue weighted by Crippen LogP contribution is 1.98. The summed E-state index contributed by atoms with van der Waals surface area (Å²) in [5.41, 5.74) is 5.60. The molecule has 0 aromatic heterocycles. The van der Waals surface area contributed by atoms with E-state index in [2.05, 4.69) is 0 Å². The molecular weight excluding hydrogens is 144 g/mol. The molecule has 0 saturated heterocycles. The molecule has 0 aromatic rings. The van der Waals surface area contributed by atoms with Gasteiger partial charge in [-0.05, 0) is 12.8 Å². The monoisotopic (exact) mass is 160 g/mol. The molecule has 0 aliphatic heterocycles. The van der Waals surface area contributed by atoms with Crippen LogP contribution < -0.4 is 5.73 Å². The largest absolute Gasteiger partial charge is 0.396 e. The Balaban J connectivity index is 3.63. The number of hydrogen-bond acceptors (Lipinski definition) is 3. The summed E-state index contributed by atoms with van der Waals surface area (Å²) >= 11 is 0. The Labute approximate surface area is 67.0 Å². The minimum atomic E-state index is -0.264. The van der Waals surface area contributed by atoms with Crippen LogP contribution in [0.25, 0.3) is 0 Å². The topological polar surface area (TPSA) is 66.6 Å². The lowest BCUT2D eigenvalue weighted by Crippen LogP contribution is -2.42. The fraction of sp³-hybridized carbons (Fsp3) is 0.857. The molecule has 0 fully saturated rings. The lowest BCUT2D eigenvalue weighted by molar-refractivity contribution is -0.129. The van der Waals surface area contributed by atoms with Crippen molar-refractivity contribution in [2.45, 2.75) is 25.9 Å². The van der Waals surface area contributed by atoms with Gasteiger partial charge in [0.1, 0.15) is 0 Å². The minimum Gasteiger partial charge on any atom is -0.396 e. The molecule has 66 valence electrons. The number of amides is 1. The molecule has 0 aliphatic rings. The standard InChI is InChI=1S/C7H16N2O2/c1-6(11)9(2)7(8)4-3-5-10/h7,10H,3-5,8H2,1-2H3. The van der Waals surface area contributed by atoms with Gasteiger partial charge < -0.3 is 15.7 Å². The van der Waals surface area contributed by atoms with Crippen LogP contribution in [0.4, 0.5) is 0 Å². The predicted molar refractivity (Wildman–Crippen MR) is 42.7 cm³/mol. The average Bonchev–Trinajstić information content (AvgIpc) is 1.98. The molecule has 0 aliphatic carbocycles. The fourth-order valence-electron chi connectivity index (χ4n) is 0.728. The number of aliphatic hydroxyl groups excluding tert-OH is 1. The van der Waals surface area contributed by atoms with Crippen molar-refractivity contribution in [3.8, 4) is 0 Å². The highest BCUT2D eigenvalue weighted by molar-refractivity contribution is 5.73. The smallest absolute Gasteiger partial charge is 0.220 e. The van der Waals surface area contributed by atoms with Crippen molar-refractivity contribution >= 4 is 5.91 Å². The van der Waals surface area contributed by atoms with Crippen LogP contribution in [0.15, 0.2) is 0 Å². The Kier molecular flexibility index (Phi) is 4.81. The second kappa shape index (κ2) is 5.09. The van der Waals surface area contributed by atoms with Gasteiger partial charge in [0.15, 0.2) is 0 Å². The van der Waals surface area contributed by atoms with Gasteiger partial charge in [0, 0.05) is 20.6 Å². The van der Waals surface area contributed by atoms with E-state index in [9.17, 15) is 4.79 Å². The van der Waals surface area contributed by atoms with Crippen molar-refractivity contribution in [1.29, 1.82) is 0 Å². The highest BCUT2D eigenvalue weighted by Gasteiger charge is 2.10. The Morgan fingerprint density at radius 1 is 1.73 bits per heavy atom. The molecule has 1 unspecified atom stereocenters. The Hall–Kier alpha value is -0.610. The molecule has 4 nitrogen and oxygen atoms in total. The molecule has 0 saturated carbocycles. The lowest BCUT2D eigenvalue weighted by Gasteiger charge is -2.22. The van der Waals surface area contributed by atoms with Crippen LogP contribution in [0.5, 0.6) is 0 Å². The van der Waals surface area contributed by atoms with Crippen LogP contribution in [0.2, 0.25) is 0 Å². The molecule has 0 radical (unpaired) electrons. The van der Waals surface area contributed by atoms with Gasteiger partial charge >= 0.3 is 0 Å². The molecule has 0 bridgehead atoms. The van der Waals surface area contributed by atoms with E-state index < -0.39 is 0 Å². The summed E-state index contributed by atoms with van der Waals surface area (Å²) in [5, 5.41) is 8.48. The zero-order valence-electron chi connectivity index (χ0n) is 7.08. The third-order valence-corrected chi connectivity index (χ3v) is 1.65. The highest BCUT2D eigenvalue weighted by atomic mass is 16.3. The van der Waals surface area contributed by atoms with Crippen molar-refractivity contribution in [1.82, 2.24) is 4.90 Å². The molecule has 0 aromatic carbocycles. The van der Waals surface area contributed by atoms with Gasteiger partial charge in [0.2, 0.25) is 5.91 Å². The quantitative estimate of drug-likeness (QED) is 0.546. The predicted octanol–water partition coefficient (Wildman–Crippen LogP) is -0.478. The van der Waals surface area contributed by atoms with Crippen LogP contribution in [-0.4, -0.2) is 35.7 Å². The number of rotatable bonds is 4. The van der Waals surface area contributed by atoms with E-state index in [0.717, 1.165) is 0 Å². The molecule has 11 heavy (non-hydrogen) atoms. The zero-order valence-corrected chi connectivity index (χ0v) is 7.08. The number of carbonyl (C=O) groups is 1. The van der Waals surface area contributed by atoms with Crippen LogP contribution in [0, 0.1) is 0 Å². The zero-order chi connectivity index (χ0) is 8.85. The molecular formula is C7H16N2O2. The second-order valence-corrected chi connectivity index (χ2v) is 2.56. The minimum absolute atomic E-state index is 0.0459. The van der Waals surface area contributed by atoms with Gasteiger partial charge in [-0.2, -0.15) is 0 Å². The summed E-state index contributed by atoms with van der Waals surface area (Å²) in [6.45, 7) is 1.60. The number of carbonyl (C=O) groups excluding carboxylic acids is 1. The second-order valence-electron chi connectivity index (χ2n) is 2.56. The maximum Gasteiger partial charge on any atom is 0.220 e. The van der Waals surface area contributed by atoms with E-state index in [-0.39, 0.29) is 18.7 Å². The summed E-state index contributed by atoms with van der Waals surface area (Å²) < 4.78 is 0. The molecule has 0 heterocycles. The van der Waals surface area contributed by atoms with Crippen LogP contribution in [0.3, 0.4) is 0 Å². The molecule has 4 heteroatoms. The molecule has 1 amide bonds. The fourth-order valence-corrected chi connectivity index (χ4v) is 0.728. The Morgan fingerprint density at radius 3 is 2.64 bits per heavy atom. The van der Waals surface area contributed by atoms with Crippen LogP contribution in [0.1, 0.15) is 19.8 Å². The summed E-state index contributed by atoms with van der Waals surface area (Å²) in [7, 11) is 1.66. The third-order valence-electron chi connectivity index (χ3n) is 1.65. The van der Waals surface area contributed by atoms with Gasteiger partial charge in [-0.15, -0.1) is 0 Å². The van der Waals surface area contributed by atoms with Crippen molar-refractivity contribution in [2.75, 3.05) is 13.7 Å². The van der Waals surface area contributed by atoms with Crippen LogP contribution in [-0.2, 0) is 4.79 Å². The number of nitrogens with two attached hydrogens (primary N) is 1. The van der Waals surface area contributed by atoms with Crippen molar-refractivity contribution in [2.24, 2.45) is 5.73 Å². The van der Waals surface area contributed by atoms with Gasteiger partial charge in [0.05, 0.1) is 6.17 Å². The Morgan fingerprint density at radius 2 is 2.27 bits per heavy atom. The van der Waals surface area contributed by atoms with E-state index in [1.165, 1.54) is 11.8 Å². The molecule has 1 atom stereocenters. The van der Waals surface area contributed by atoms with E-state index >= 15 is 0 Å². The van der Waals surface area contributed by atoms with E-state index in [4.69, 9.17) is 10.8 Å². The third kappa shape index (κ3) is 3.95. The summed E-state index contributed by atoms with van der Waals surface area (Å²) in [6.07, 6.45) is 1.02. The summed E-state index contributed by atoms with van der Waals surface area (Å²) in [6, 6.07) is 0. The van der Waals surface area contributed by atoms with Crippen molar-refractivity contribution in [3.63, 3.8) is 0 Å². The van der Waals surface area contributed by atoms with Crippen molar-refractivity contribution < 1.29 is 9.90 Å². The molecule has 0 spiro atoms. The number of hydrogen-bond donors (Lipinski definition) is 2. The summed E-state index contributed by atoms with van der Waals surface area (Å²) in [4.78, 5) is 12.2. The van der Waals surface area contributed by atoms with Gasteiger partial charge in [-0.1, -0.05) is 0 Å². The first-order valence-electron chi connectivity index (χ1n) is 3.69. The molecule has 3 N–H and O–H groups in total. The van der Waals surface area contributed by atoms with E-state index in [0.29, 0.717) is 12.8 Å². The van der Waals surface area contributed by atoms with Gasteiger partial charge in [-0.25, -0.2) is 0 Å². The molecule has 0 rings (SSSR count). The Bertz CT molecular complexity index is 128. The van der Waals surface area contributed by atoms with E-state index in [1.54, 1.807) is 7.05 Å². The first-order chi connectivity index (χ1) is 5.09. The first-order valence-corrected chi connectivity index (χ1v) is 3.69. The first kappa shape index (κ1) is 10.4. The van der Waals surface area contributed by atoms with Crippen molar-refractivity contribution in [3.05, 3.63) is 0 Å². The maximum atomic E-state index is 10.7. The SMILES string of the molecule is CC(=O)N(C)C(N)CCCO. The van der Waals surface area contributed by atoms with E-state index in [1.807, 2.05) is 0 Å². The lowest BCUT2D eigenvalue weighted by atomic mass is 10.2. The van der Waals surface area contributed by atoms with Crippen LogP contribution >= 0.6 is 0 Å².